The lowest BCUT2D eigenvalue weighted by molar-refractivity contribution is -0.130. The summed E-state index contributed by atoms with van der Waals surface area (Å²) in [4.78, 5) is 26.4. The Morgan fingerprint density at radius 2 is 2.03 bits per heavy atom. The lowest BCUT2D eigenvalue weighted by atomic mass is 9.86. The minimum absolute atomic E-state index is 0. The van der Waals surface area contributed by atoms with Crippen molar-refractivity contribution in [1.82, 2.24) is 16.0 Å². The second kappa shape index (κ2) is 11.0. The average molecular weight is 433 g/mol. The molecule has 0 aliphatic carbocycles. The largest absolute Gasteiger partial charge is 0.349 e. The summed E-state index contributed by atoms with van der Waals surface area (Å²) in [5, 5.41) is 17.7. The molecule has 1 aliphatic heterocycles. The third kappa shape index (κ3) is 6.29. The first-order chi connectivity index (χ1) is 13.6. The number of hydrogen-bond donors (Lipinski definition) is 3. The monoisotopic (exact) mass is 432 g/mol. The lowest BCUT2D eigenvalue weighted by Crippen LogP contribution is -2.53. The number of carbonyl (C=O) groups is 2. The Balaban J connectivity index is 0.00000300. The van der Waals surface area contributed by atoms with E-state index < -0.39 is 6.04 Å². The fourth-order valence-electron chi connectivity index (χ4n) is 3.39. The molecule has 0 bridgehead atoms. The number of rotatable bonds is 6. The van der Waals surface area contributed by atoms with Gasteiger partial charge in [-0.1, -0.05) is 30.3 Å². The Bertz CT molecular complexity index is 865. The maximum atomic E-state index is 12.6. The van der Waals surface area contributed by atoms with Crippen molar-refractivity contribution in [3.63, 3.8) is 0 Å². The summed E-state index contributed by atoms with van der Waals surface area (Å²) < 4.78 is 0. The van der Waals surface area contributed by atoms with Crippen LogP contribution in [-0.4, -0.2) is 30.4 Å². The fourth-order valence-corrected chi connectivity index (χ4v) is 4.13. The highest BCUT2D eigenvalue weighted by molar-refractivity contribution is 7.12. The summed E-state index contributed by atoms with van der Waals surface area (Å²) >= 11 is 1.35. The molecule has 3 rings (SSSR count). The Labute approximate surface area is 181 Å². The van der Waals surface area contributed by atoms with E-state index in [-0.39, 0.29) is 30.3 Å². The molecule has 29 heavy (non-hydrogen) atoms. The van der Waals surface area contributed by atoms with E-state index in [9.17, 15) is 9.59 Å². The predicted molar refractivity (Wildman–Crippen MR) is 116 cm³/mol. The number of amides is 2. The van der Waals surface area contributed by atoms with Crippen molar-refractivity contribution in [2.24, 2.45) is 0 Å². The molecular weight excluding hydrogens is 408 g/mol. The molecule has 1 aromatic carbocycles. The molecule has 0 spiro atoms. The summed E-state index contributed by atoms with van der Waals surface area (Å²) in [7, 11) is 0. The molecule has 2 heterocycles. The van der Waals surface area contributed by atoms with E-state index in [0.29, 0.717) is 17.3 Å². The van der Waals surface area contributed by atoms with Crippen LogP contribution >= 0.6 is 23.7 Å². The van der Waals surface area contributed by atoms with E-state index in [4.69, 9.17) is 5.26 Å². The Morgan fingerprint density at radius 3 is 2.72 bits per heavy atom. The summed E-state index contributed by atoms with van der Waals surface area (Å²) in [5.74, 6) is -0.0441. The number of nitrogens with zero attached hydrogens (tertiary/aromatic N) is 1. The van der Waals surface area contributed by atoms with Gasteiger partial charge in [-0.3, -0.25) is 9.59 Å². The van der Waals surface area contributed by atoms with Crippen LogP contribution in [0.1, 0.15) is 41.0 Å². The number of halogens is 1. The predicted octanol–water partition coefficient (Wildman–Crippen LogP) is 2.70. The van der Waals surface area contributed by atoms with Gasteiger partial charge >= 0.3 is 0 Å². The minimum atomic E-state index is -0.623. The van der Waals surface area contributed by atoms with Crippen molar-refractivity contribution in [2.45, 2.75) is 44.3 Å². The van der Waals surface area contributed by atoms with Crippen LogP contribution in [0.15, 0.2) is 42.5 Å². The molecule has 6 nitrogen and oxygen atoms in total. The second-order valence-electron chi connectivity index (χ2n) is 6.96. The summed E-state index contributed by atoms with van der Waals surface area (Å²) in [6.07, 6.45) is 1.71. The van der Waals surface area contributed by atoms with Crippen LogP contribution in [0.4, 0.5) is 0 Å². The molecule has 8 heteroatoms. The van der Waals surface area contributed by atoms with Gasteiger partial charge < -0.3 is 16.0 Å². The van der Waals surface area contributed by atoms with E-state index in [1.54, 1.807) is 13.0 Å². The SMILES string of the molecule is CC(NC(=O)[C@H]1C[C@@H](c2ccccc2)CCN1)C(=O)NCc1ccc(C#N)s1.Cl. The highest BCUT2D eigenvalue weighted by atomic mass is 35.5. The Hall–Kier alpha value is -2.40. The highest BCUT2D eigenvalue weighted by Crippen LogP contribution is 2.27. The van der Waals surface area contributed by atoms with Crippen LogP contribution in [0.3, 0.4) is 0 Å². The maximum Gasteiger partial charge on any atom is 0.242 e. The van der Waals surface area contributed by atoms with E-state index in [0.717, 1.165) is 24.3 Å². The molecule has 1 fully saturated rings. The summed E-state index contributed by atoms with van der Waals surface area (Å²) in [6.45, 7) is 2.81. The van der Waals surface area contributed by atoms with Crippen LogP contribution in [0, 0.1) is 11.3 Å². The molecule has 3 atom stereocenters. The first kappa shape index (κ1) is 22.9. The number of thiophene rings is 1. The summed E-state index contributed by atoms with van der Waals surface area (Å²) in [6, 6.07) is 14.9. The minimum Gasteiger partial charge on any atom is -0.349 e. The highest BCUT2D eigenvalue weighted by Gasteiger charge is 2.29. The molecule has 154 valence electrons. The van der Waals surface area contributed by atoms with Crippen molar-refractivity contribution in [1.29, 1.82) is 5.26 Å². The molecule has 2 amide bonds. The van der Waals surface area contributed by atoms with E-state index in [1.807, 2.05) is 24.3 Å². The molecule has 0 radical (unpaired) electrons. The van der Waals surface area contributed by atoms with Crippen molar-refractivity contribution in [2.75, 3.05) is 6.54 Å². The number of nitriles is 1. The van der Waals surface area contributed by atoms with Gasteiger partial charge in [-0.15, -0.1) is 23.7 Å². The third-order valence-corrected chi connectivity index (χ3v) is 5.94. The Kier molecular flexibility index (Phi) is 8.65. The van der Waals surface area contributed by atoms with Gasteiger partial charge in [0.05, 0.1) is 12.6 Å². The van der Waals surface area contributed by atoms with Gasteiger partial charge in [-0.25, -0.2) is 0 Å². The summed E-state index contributed by atoms with van der Waals surface area (Å²) in [5.41, 5.74) is 1.25. The Morgan fingerprint density at radius 1 is 1.28 bits per heavy atom. The van der Waals surface area contributed by atoms with Gasteiger partial charge in [-0.2, -0.15) is 5.26 Å². The van der Waals surface area contributed by atoms with Crippen LogP contribution in [-0.2, 0) is 16.1 Å². The van der Waals surface area contributed by atoms with Gasteiger partial charge in [0.2, 0.25) is 11.8 Å². The lowest BCUT2D eigenvalue weighted by Gasteiger charge is -2.30. The zero-order chi connectivity index (χ0) is 19.9. The molecule has 2 aromatic rings. The standard InChI is InChI=1S/C21H24N4O2S.ClH/c1-14(20(26)24-13-18-8-7-17(12-22)28-18)25-21(27)19-11-16(9-10-23-19)15-5-3-2-4-6-15;/h2-8,14,16,19,23H,9-11,13H2,1H3,(H,24,26)(H,25,27);1H/t14?,16-,19+;/m0./s1. The first-order valence-corrected chi connectivity index (χ1v) is 10.2. The van der Waals surface area contributed by atoms with Crippen molar-refractivity contribution in [3.05, 3.63) is 57.8 Å². The maximum absolute atomic E-state index is 12.6. The zero-order valence-electron chi connectivity index (χ0n) is 16.2. The topological polar surface area (TPSA) is 94.0 Å². The van der Waals surface area contributed by atoms with E-state index in [2.05, 4.69) is 34.2 Å². The smallest absolute Gasteiger partial charge is 0.242 e. The van der Waals surface area contributed by atoms with Gasteiger partial charge in [0, 0.05) is 4.88 Å². The molecule has 1 unspecified atom stereocenters. The van der Waals surface area contributed by atoms with Gasteiger partial charge in [0.25, 0.3) is 0 Å². The number of hydrogen-bond acceptors (Lipinski definition) is 5. The van der Waals surface area contributed by atoms with Gasteiger partial charge in [0.1, 0.15) is 17.0 Å². The molecular formula is C21H25ClN4O2S. The van der Waals surface area contributed by atoms with Gasteiger partial charge in [-0.05, 0) is 49.9 Å². The molecule has 1 aliphatic rings. The number of piperidine rings is 1. The van der Waals surface area contributed by atoms with Crippen LogP contribution < -0.4 is 16.0 Å². The quantitative estimate of drug-likeness (QED) is 0.654. The first-order valence-electron chi connectivity index (χ1n) is 9.42. The van der Waals surface area contributed by atoms with Crippen molar-refractivity contribution in [3.8, 4) is 6.07 Å². The number of carbonyl (C=O) groups excluding carboxylic acids is 2. The van der Waals surface area contributed by atoms with E-state index >= 15 is 0 Å². The van der Waals surface area contributed by atoms with Crippen LogP contribution in [0.5, 0.6) is 0 Å². The van der Waals surface area contributed by atoms with Crippen molar-refractivity contribution < 1.29 is 9.59 Å². The third-order valence-electron chi connectivity index (χ3n) is 4.95. The normalized spacial score (nSPS) is 19.3. The van der Waals surface area contributed by atoms with Crippen LogP contribution in [0.25, 0.3) is 0 Å². The second-order valence-corrected chi connectivity index (χ2v) is 8.13. The average Bonchev–Trinajstić information content (AvgIpc) is 3.20. The number of benzene rings is 1. The molecule has 1 aromatic heterocycles. The fraction of sp³-hybridized carbons (Fsp3) is 0.381. The molecule has 0 saturated carbocycles. The molecule has 1 saturated heterocycles. The van der Waals surface area contributed by atoms with Crippen LogP contribution in [0.2, 0.25) is 0 Å². The van der Waals surface area contributed by atoms with E-state index in [1.165, 1.54) is 16.9 Å². The molecule has 3 N–H and O–H groups in total. The zero-order valence-corrected chi connectivity index (χ0v) is 17.8. The number of nitrogens with one attached hydrogen (secondary N) is 3. The van der Waals surface area contributed by atoms with Gasteiger partial charge in [0.15, 0.2) is 0 Å². The van der Waals surface area contributed by atoms with Crippen molar-refractivity contribution >= 4 is 35.6 Å².